The molecule has 0 bridgehead atoms. The van der Waals surface area contributed by atoms with Gasteiger partial charge in [0.1, 0.15) is 33.5 Å². The molecule has 43 heavy (non-hydrogen) atoms. The number of nitrogens with one attached hydrogen (secondary N) is 1. The van der Waals surface area contributed by atoms with Crippen LogP contribution in [0.4, 0.5) is 18.9 Å². The minimum Gasteiger partial charge on any atom is -0.486 e. The zero-order chi connectivity index (χ0) is 30.3. The number of alkyl halides is 3. The number of halogens is 3. The zero-order valence-electron chi connectivity index (χ0n) is 22.5. The lowest BCUT2D eigenvalue weighted by atomic mass is 10.00. The number of nitrogens with zero attached hydrogens (tertiary/aromatic N) is 1. The van der Waals surface area contributed by atoms with Gasteiger partial charge in [0.2, 0.25) is 0 Å². The van der Waals surface area contributed by atoms with Gasteiger partial charge in [-0.1, -0.05) is 60.2 Å². The molecule has 0 aliphatic carbocycles. The van der Waals surface area contributed by atoms with E-state index in [0.29, 0.717) is 28.4 Å². The molecule has 3 aromatic carbocycles. The van der Waals surface area contributed by atoms with Gasteiger partial charge < -0.3 is 20.2 Å². The van der Waals surface area contributed by atoms with Crippen LogP contribution in [0.5, 0.6) is 5.75 Å². The van der Waals surface area contributed by atoms with Gasteiger partial charge in [0, 0.05) is 5.39 Å². The van der Waals surface area contributed by atoms with Gasteiger partial charge in [0.15, 0.2) is 5.76 Å². The van der Waals surface area contributed by atoms with Crippen LogP contribution in [0.1, 0.15) is 37.2 Å². The number of nitrogens with two attached hydrogens (primary N) is 1. The van der Waals surface area contributed by atoms with E-state index in [9.17, 15) is 22.8 Å². The molecule has 0 saturated heterocycles. The van der Waals surface area contributed by atoms with Gasteiger partial charge in [-0.15, -0.1) is 11.3 Å². The van der Waals surface area contributed by atoms with Crippen LogP contribution >= 0.6 is 11.3 Å². The first-order valence-electron chi connectivity index (χ1n) is 13.0. The summed E-state index contributed by atoms with van der Waals surface area (Å²) < 4.78 is 52.8. The molecule has 3 N–H and O–H groups in total. The molecule has 2 amide bonds. The van der Waals surface area contributed by atoms with Crippen molar-refractivity contribution in [2.24, 2.45) is 5.73 Å². The smallest absolute Gasteiger partial charge is 0.433 e. The normalized spacial score (nSPS) is 11.6. The molecule has 11 heteroatoms. The fraction of sp³-hybridized carbons (Fsp3) is 0.0938. The average molecular weight is 602 g/mol. The molecule has 3 aromatic heterocycles. The van der Waals surface area contributed by atoms with Crippen LogP contribution in [-0.2, 0) is 12.8 Å². The maximum atomic E-state index is 13.8. The van der Waals surface area contributed by atoms with E-state index >= 15 is 0 Å². The van der Waals surface area contributed by atoms with Crippen LogP contribution in [0.25, 0.3) is 32.1 Å². The second kappa shape index (κ2) is 10.9. The SMILES string of the molecule is Cc1ccc(-c2cc(C(F)(F)F)nc3sc(C(N)=O)c(NC(=O)c4ccc(COc5ccc6ccccc6c5)o4)c23)cc1. The van der Waals surface area contributed by atoms with E-state index in [-0.39, 0.29) is 38.7 Å². The number of benzene rings is 3. The standard InChI is InChI=1S/C32H22F3N3O4S/c1-17-6-8-19(9-7-17)23-15-25(32(33,34)35)37-31-26(23)27(28(43-31)29(36)39)38-30(40)24-13-12-22(42-24)16-41-21-11-10-18-4-2-3-5-20(18)14-21/h2-15H,16H2,1H3,(H2,36,39)(H,38,40). The van der Waals surface area contributed by atoms with Crippen molar-refractivity contribution in [3.8, 4) is 16.9 Å². The Morgan fingerprint density at radius 1 is 0.977 bits per heavy atom. The summed E-state index contributed by atoms with van der Waals surface area (Å²) in [7, 11) is 0. The molecule has 0 spiro atoms. The Labute approximate surface area is 246 Å². The highest BCUT2D eigenvalue weighted by molar-refractivity contribution is 7.21. The number of thiophene rings is 1. The fourth-order valence-electron chi connectivity index (χ4n) is 4.66. The Hall–Kier alpha value is -5.16. The van der Waals surface area contributed by atoms with Crippen molar-refractivity contribution < 1.29 is 31.9 Å². The molecule has 0 atom stereocenters. The van der Waals surface area contributed by atoms with Crippen LogP contribution < -0.4 is 15.8 Å². The largest absolute Gasteiger partial charge is 0.486 e. The zero-order valence-corrected chi connectivity index (χ0v) is 23.3. The van der Waals surface area contributed by atoms with Gasteiger partial charge in [0.25, 0.3) is 11.8 Å². The van der Waals surface area contributed by atoms with Gasteiger partial charge in [0.05, 0.1) is 5.69 Å². The first kappa shape index (κ1) is 28.0. The van der Waals surface area contributed by atoms with E-state index in [1.54, 1.807) is 30.3 Å². The van der Waals surface area contributed by atoms with Crippen molar-refractivity contribution in [2.75, 3.05) is 5.32 Å². The summed E-state index contributed by atoms with van der Waals surface area (Å²) in [6.45, 7) is 1.89. The van der Waals surface area contributed by atoms with Crippen molar-refractivity contribution >= 4 is 49.8 Å². The summed E-state index contributed by atoms with van der Waals surface area (Å²) in [6.07, 6.45) is -4.74. The number of ether oxygens (including phenoxy) is 1. The summed E-state index contributed by atoms with van der Waals surface area (Å²) in [4.78, 5) is 29.2. The number of fused-ring (bicyclic) bond motifs is 2. The number of amides is 2. The molecular formula is C32H22F3N3O4S. The highest BCUT2D eigenvalue weighted by Crippen LogP contribution is 2.44. The van der Waals surface area contributed by atoms with Gasteiger partial charge >= 0.3 is 6.18 Å². The predicted molar refractivity (Wildman–Crippen MR) is 158 cm³/mol. The van der Waals surface area contributed by atoms with Crippen LogP contribution in [-0.4, -0.2) is 16.8 Å². The lowest BCUT2D eigenvalue weighted by molar-refractivity contribution is -0.140. The lowest BCUT2D eigenvalue weighted by Crippen LogP contribution is -2.16. The maximum Gasteiger partial charge on any atom is 0.433 e. The minimum absolute atomic E-state index is 0.0420. The number of carbonyl (C=O) groups is 2. The van der Waals surface area contributed by atoms with Gasteiger partial charge in [-0.25, -0.2) is 4.98 Å². The minimum atomic E-state index is -4.74. The van der Waals surface area contributed by atoms with Crippen molar-refractivity contribution in [3.05, 3.63) is 113 Å². The monoisotopic (exact) mass is 601 g/mol. The molecule has 0 unspecified atom stereocenters. The first-order chi connectivity index (χ1) is 20.6. The van der Waals surface area contributed by atoms with Gasteiger partial charge in [-0.05, 0) is 59.2 Å². The van der Waals surface area contributed by atoms with Gasteiger partial charge in [-0.2, -0.15) is 13.2 Å². The van der Waals surface area contributed by atoms with Crippen molar-refractivity contribution in [2.45, 2.75) is 19.7 Å². The first-order valence-corrected chi connectivity index (χ1v) is 13.8. The van der Waals surface area contributed by atoms with Crippen LogP contribution in [0.15, 0.2) is 89.3 Å². The number of anilines is 1. The Kier molecular flexibility index (Phi) is 7.10. The Morgan fingerprint density at radius 2 is 1.72 bits per heavy atom. The molecule has 6 rings (SSSR count). The van der Waals surface area contributed by atoms with Crippen LogP contribution in [0, 0.1) is 6.92 Å². The fourth-order valence-corrected chi connectivity index (χ4v) is 5.67. The second-order valence-corrected chi connectivity index (χ2v) is 10.8. The Bertz CT molecular complexity index is 2010. The van der Waals surface area contributed by atoms with Gasteiger partial charge in [-0.3, -0.25) is 9.59 Å². The van der Waals surface area contributed by atoms with Crippen LogP contribution in [0.3, 0.4) is 0 Å². The van der Waals surface area contributed by atoms with Crippen molar-refractivity contribution in [1.82, 2.24) is 4.98 Å². The number of furan rings is 1. The maximum absolute atomic E-state index is 13.8. The molecule has 0 aliphatic heterocycles. The van der Waals surface area contributed by atoms with E-state index < -0.39 is 23.7 Å². The molecule has 216 valence electrons. The predicted octanol–water partition coefficient (Wildman–Crippen LogP) is 7.97. The molecule has 7 nitrogen and oxygen atoms in total. The molecule has 0 aliphatic rings. The summed E-state index contributed by atoms with van der Waals surface area (Å²) in [5.74, 6) is -0.769. The number of hydrogen-bond donors (Lipinski definition) is 2. The molecule has 0 saturated carbocycles. The highest BCUT2D eigenvalue weighted by atomic mass is 32.1. The molecule has 3 heterocycles. The van der Waals surface area contributed by atoms with E-state index in [4.69, 9.17) is 14.9 Å². The third kappa shape index (κ3) is 5.67. The summed E-state index contributed by atoms with van der Waals surface area (Å²) >= 11 is 0.672. The topological polar surface area (TPSA) is 107 Å². The van der Waals surface area contributed by atoms with Crippen molar-refractivity contribution in [1.29, 1.82) is 0 Å². The third-order valence-corrected chi connectivity index (χ3v) is 7.86. The third-order valence-electron chi connectivity index (χ3n) is 6.76. The van der Waals surface area contributed by atoms with E-state index in [2.05, 4.69) is 10.3 Å². The Balaban J connectivity index is 1.32. The van der Waals surface area contributed by atoms with E-state index in [1.165, 1.54) is 6.07 Å². The second-order valence-electron chi connectivity index (χ2n) is 9.79. The number of primary amides is 1. The van der Waals surface area contributed by atoms with Crippen molar-refractivity contribution in [3.63, 3.8) is 0 Å². The average Bonchev–Trinajstić information content (AvgIpc) is 3.61. The Morgan fingerprint density at radius 3 is 2.44 bits per heavy atom. The highest BCUT2D eigenvalue weighted by Gasteiger charge is 2.35. The summed E-state index contributed by atoms with van der Waals surface area (Å²) in [6, 6.07) is 24.2. The summed E-state index contributed by atoms with van der Waals surface area (Å²) in [5, 5.41) is 4.87. The molecule has 0 radical (unpaired) electrons. The summed E-state index contributed by atoms with van der Waals surface area (Å²) in [5.41, 5.74) is 5.90. The molecular weight excluding hydrogens is 579 g/mol. The number of aromatic nitrogens is 1. The number of aryl methyl sites for hydroxylation is 1. The molecule has 6 aromatic rings. The molecule has 0 fully saturated rings. The number of pyridine rings is 1. The van der Waals surface area contributed by atoms with E-state index in [1.807, 2.05) is 49.4 Å². The number of hydrogen-bond acceptors (Lipinski definition) is 6. The van der Waals surface area contributed by atoms with Crippen LogP contribution in [0.2, 0.25) is 0 Å². The number of rotatable bonds is 7. The lowest BCUT2D eigenvalue weighted by Gasteiger charge is -2.12. The number of carbonyl (C=O) groups excluding carboxylic acids is 2. The quantitative estimate of drug-likeness (QED) is 0.193. The van der Waals surface area contributed by atoms with E-state index in [0.717, 1.165) is 22.4 Å².